The summed E-state index contributed by atoms with van der Waals surface area (Å²) in [6.45, 7) is 7.12. The predicted octanol–water partition coefficient (Wildman–Crippen LogP) is 2.47. The molecule has 0 bridgehead atoms. The molecule has 0 unspecified atom stereocenters. The van der Waals surface area contributed by atoms with Crippen LogP contribution in [0.2, 0.25) is 0 Å². The summed E-state index contributed by atoms with van der Waals surface area (Å²) in [5.74, 6) is 0.508. The second kappa shape index (κ2) is 10.8. The molecule has 0 spiro atoms. The molecule has 3 N–H and O–H groups in total. The molecule has 0 radical (unpaired) electrons. The maximum atomic E-state index is 5.99. The van der Waals surface area contributed by atoms with Crippen LogP contribution in [-0.4, -0.2) is 55.5 Å². The fourth-order valence-electron chi connectivity index (χ4n) is 3.48. The van der Waals surface area contributed by atoms with Crippen molar-refractivity contribution in [3.8, 4) is 0 Å². The molecule has 1 heterocycles. The van der Waals surface area contributed by atoms with Crippen molar-refractivity contribution in [1.82, 2.24) is 15.1 Å². The van der Waals surface area contributed by atoms with Crippen LogP contribution in [0.4, 0.5) is 0 Å². The Bertz CT molecular complexity index is 726. The molecular weight excluding hydrogens is 346 g/mol. The van der Waals surface area contributed by atoms with E-state index in [2.05, 4.69) is 75.7 Å². The SMILES string of the molecule is CN1CCCN(Cc2ccc(CN=C(N)NCCc3ccccc3)cc2)CC1. The van der Waals surface area contributed by atoms with E-state index in [1.54, 1.807) is 0 Å². The molecule has 0 aromatic heterocycles. The van der Waals surface area contributed by atoms with Crippen LogP contribution >= 0.6 is 0 Å². The van der Waals surface area contributed by atoms with Crippen LogP contribution < -0.4 is 11.1 Å². The molecule has 1 aliphatic heterocycles. The predicted molar refractivity (Wildman–Crippen MR) is 117 cm³/mol. The van der Waals surface area contributed by atoms with Crippen LogP contribution in [0.3, 0.4) is 0 Å². The van der Waals surface area contributed by atoms with Gasteiger partial charge in [0.2, 0.25) is 0 Å². The van der Waals surface area contributed by atoms with E-state index in [-0.39, 0.29) is 0 Å². The van der Waals surface area contributed by atoms with Crippen LogP contribution in [0, 0.1) is 0 Å². The molecule has 0 amide bonds. The number of rotatable bonds is 7. The van der Waals surface area contributed by atoms with Crippen molar-refractivity contribution < 1.29 is 0 Å². The van der Waals surface area contributed by atoms with E-state index >= 15 is 0 Å². The highest BCUT2D eigenvalue weighted by molar-refractivity contribution is 5.77. The van der Waals surface area contributed by atoms with Crippen LogP contribution in [0.15, 0.2) is 59.6 Å². The second-order valence-corrected chi connectivity index (χ2v) is 7.61. The van der Waals surface area contributed by atoms with E-state index in [1.165, 1.54) is 36.2 Å². The van der Waals surface area contributed by atoms with Crippen LogP contribution in [0.25, 0.3) is 0 Å². The average Bonchev–Trinajstić information content (AvgIpc) is 2.92. The van der Waals surface area contributed by atoms with Gasteiger partial charge in [0, 0.05) is 26.2 Å². The number of nitrogens with two attached hydrogens (primary N) is 1. The largest absolute Gasteiger partial charge is 0.370 e. The van der Waals surface area contributed by atoms with E-state index in [1.807, 2.05) is 6.07 Å². The monoisotopic (exact) mass is 379 g/mol. The van der Waals surface area contributed by atoms with Crippen molar-refractivity contribution in [3.05, 3.63) is 71.3 Å². The van der Waals surface area contributed by atoms with Crippen molar-refractivity contribution in [2.75, 3.05) is 39.8 Å². The zero-order valence-corrected chi connectivity index (χ0v) is 17.0. The molecule has 1 saturated heterocycles. The molecule has 1 fully saturated rings. The van der Waals surface area contributed by atoms with E-state index in [0.29, 0.717) is 12.5 Å². The molecule has 28 heavy (non-hydrogen) atoms. The van der Waals surface area contributed by atoms with Crippen LogP contribution in [0.5, 0.6) is 0 Å². The fraction of sp³-hybridized carbons (Fsp3) is 0.435. The summed E-state index contributed by atoms with van der Waals surface area (Å²) in [4.78, 5) is 9.42. The van der Waals surface area contributed by atoms with Crippen molar-refractivity contribution in [1.29, 1.82) is 0 Å². The number of nitrogens with zero attached hydrogens (tertiary/aromatic N) is 3. The Morgan fingerprint density at radius 1 is 0.929 bits per heavy atom. The highest BCUT2D eigenvalue weighted by atomic mass is 15.2. The summed E-state index contributed by atoms with van der Waals surface area (Å²) in [6, 6.07) is 19.2. The quantitative estimate of drug-likeness (QED) is 0.573. The summed E-state index contributed by atoms with van der Waals surface area (Å²) in [6.07, 6.45) is 2.19. The summed E-state index contributed by atoms with van der Waals surface area (Å²) in [5.41, 5.74) is 9.85. The molecule has 2 aromatic carbocycles. The van der Waals surface area contributed by atoms with Crippen molar-refractivity contribution in [2.24, 2.45) is 10.7 Å². The summed E-state index contributed by atoms with van der Waals surface area (Å²) in [5, 5.41) is 3.19. The molecule has 0 saturated carbocycles. The maximum absolute atomic E-state index is 5.99. The first kappa shape index (κ1) is 20.4. The normalized spacial score (nSPS) is 16.7. The lowest BCUT2D eigenvalue weighted by Crippen LogP contribution is -2.33. The van der Waals surface area contributed by atoms with Gasteiger partial charge in [-0.3, -0.25) is 4.90 Å². The minimum Gasteiger partial charge on any atom is -0.370 e. The summed E-state index contributed by atoms with van der Waals surface area (Å²) < 4.78 is 0. The topological polar surface area (TPSA) is 56.9 Å². The summed E-state index contributed by atoms with van der Waals surface area (Å²) in [7, 11) is 2.21. The van der Waals surface area contributed by atoms with Crippen LogP contribution in [0.1, 0.15) is 23.1 Å². The smallest absolute Gasteiger partial charge is 0.188 e. The van der Waals surface area contributed by atoms with E-state index < -0.39 is 0 Å². The Hall–Kier alpha value is -2.37. The van der Waals surface area contributed by atoms with Gasteiger partial charge in [0.15, 0.2) is 5.96 Å². The van der Waals surface area contributed by atoms with Crippen molar-refractivity contribution in [3.63, 3.8) is 0 Å². The molecular formula is C23H33N5. The highest BCUT2D eigenvalue weighted by Crippen LogP contribution is 2.11. The first-order valence-corrected chi connectivity index (χ1v) is 10.3. The van der Waals surface area contributed by atoms with Gasteiger partial charge in [-0.25, -0.2) is 4.99 Å². The third-order valence-electron chi connectivity index (χ3n) is 5.24. The summed E-state index contributed by atoms with van der Waals surface area (Å²) >= 11 is 0. The van der Waals surface area contributed by atoms with Crippen LogP contribution in [-0.2, 0) is 19.5 Å². The minimum absolute atomic E-state index is 0.508. The third kappa shape index (κ3) is 6.98. The molecule has 5 nitrogen and oxygen atoms in total. The lowest BCUT2D eigenvalue weighted by atomic mass is 10.1. The highest BCUT2D eigenvalue weighted by Gasteiger charge is 2.12. The molecule has 0 atom stereocenters. The number of hydrogen-bond donors (Lipinski definition) is 2. The van der Waals surface area contributed by atoms with Gasteiger partial charge in [-0.2, -0.15) is 0 Å². The van der Waals surface area contributed by atoms with Gasteiger partial charge < -0.3 is 16.0 Å². The zero-order chi connectivity index (χ0) is 19.6. The number of likely N-dealkylation sites (N-methyl/N-ethyl adjacent to an activating group) is 1. The molecule has 0 aliphatic carbocycles. The standard InChI is InChI=1S/C23H33N5/c1-27-14-5-15-28(17-16-27)19-22-10-8-21(9-11-22)18-26-23(24)25-13-12-20-6-3-2-4-7-20/h2-4,6-11H,5,12-19H2,1H3,(H3,24,25,26). The Labute approximate surface area is 169 Å². The first-order chi connectivity index (χ1) is 13.7. The van der Waals surface area contributed by atoms with Gasteiger partial charge in [-0.05, 0) is 49.7 Å². The van der Waals surface area contributed by atoms with Gasteiger partial charge in [0.05, 0.1) is 6.54 Å². The van der Waals surface area contributed by atoms with E-state index in [4.69, 9.17) is 5.73 Å². The number of nitrogens with one attached hydrogen (secondary N) is 1. The molecule has 3 rings (SSSR count). The van der Waals surface area contributed by atoms with Gasteiger partial charge in [0.25, 0.3) is 0 Å². The Morgan fingerprint density at radius 3 is 2.46 bits per heavy atom. The molecule has 5 heteroatoms. The lowest BCUT2D eigenvalue weighted by molar-refractivity contribution is 0.269. The number of benzene rings is 2. The number of guanidine groups is 1. The van der Waals surface area contributed by atoms with Gasteiger partial charge in [0.1, 0.15) is 0 Å². The fourth-order valence-corrected chi connectivity index (χ4v) is 3.48. The van der Waals surface area contributed by atoms with Gasteiger partial charge in [-0.15, -0.1) is 0 Å². The van der Waals surface area contributed by atoms with E-state index in [0.717, 1.165) is 32.6 Å². The van der Waals surface area contributed by atoms with Crippen molar-refractivity contribution >= 4 is 5.96 Å². The second-order valence-electron chi connectivity index (χ2n) is 7.61. The van der Waals surface area contributed by atoms with E-state index in [9.17, 15) is 0 Å². The Kier molecular flexibility index (Phi) is 7.88. The van der Waals surface area contributed by atoms with Crippen molar-refractivity contribution in [2.45, 2.75) is 25.9 Å². The minimum atomic E-state index is 0.508. The maximum Gasteiger partial charge on any atom is 0.188 e. The lowest BCUT2D eigenvalue weighted by Gasteiger charge is -2.20. The Morgan fingerprint density at radius 2 is 1.68 bits per heavy atom. The number of aliphatic imine (C=N–C) groups is 1. The first-order valence-electron chi connectivity index (χ1n) is 10.3. The molecule has 1 aliphatic rings. The third-order valence-corrected chi connectivity index (χ3v) is 5.24. The zero-order valence-electron chi connectivity index (χ0n) is 17.0. The molecule has 2 aromatic rings. The number of hydrogen-bond acceptors (Lipinski definition) is 3. The Balaban J connectivity index is 1.41. The van der Waals surface area contributed by atoms with Gasteiger partial charge >= 0.3 is 0 Å². The molecule has 150 valence electrons. The van der Waals surface area contributed by atoms with Gasteiger partial charge in [-0.1, -0.05) is 54.6 Å². The average molecular weight is 380 g/mol.